The molecule has 3 nitrogen and oxygen atoms in total. The molecule has 0 aliphatic rings. The van der Waals surface area contributed by atoms with Crippen LogP contribution in [0.4, 0.5) is 0 Å². The van der Waals surface area contributed by atoms with Gasteiger partial charge in [0.05, 0.1) is 7.11 Å². The Morgan fingerprint density at radius 3 is 2.75 bits per heavy atom. The third kappa shape index (κ3) is 3.65. The lowest BCUT2D eigenvalue weighted by atomic mass is 9.96. The van der Waals surface area contributed by atoms with Gasteiger partial charge in [-0.05, 0) is 12.0 Å². The third-order valence-electron chi connectivity index (χ3n) is 2.66. The van der Waals surface area contributed by atoms with Gasteiger partial charge in [0.15, 0.2) is 0 Å². The van der Waals surface area contributed by atoms with Crippen molar-refractivity contribution in [1.29, 1.82) is 0 Å². The van der Waals surface area contributed by atoms with Crippen LogP contribution in [0.25, 0.3) is 0 Å². The van der Waals surface area contributed by atoms with E-state index in [-0.39, 0.29) is 11.7 Å². The summed E-state index contributed by atoms with van der Waals surface area (Å²) in [5.41, 5.74) is 0.953. The largest absolute Gasteiger partial charge is 0.481 e. The van der Waals surface area contributed by atoms with Crippen LogP contribution in [-0.2, 0) is 11.2 Å². The first-order chi connectivity index (χ1) is 7.67. The summed E-state index contributed by atoms with van der Waals surface area (Å²) in [6, 6.07) is 3.68. The number of carbonyl (C=O) groups is 1. The number of hydrogen-bond acceptors (Lipinski definition) is 3. The average molecular weight is 221 g/mol. The number of methoxy groups -OCH3 is 1. The number of nitrogens with zero attached hydrogens (tertiary/aromatic N) is 1. The molecular formula is C13H19NO2. The molecule has 1 heterocycles. The fourth-order valence-electron chi connectivity index (χ4n) is 1.61. The molecule has 1 atom stereocenters. The minimum absolute atomic E-state index is 0.145. The predicted molar refractivity (Wildman–Crippen MR) is 63.6 cm³/mol. The molecule has 1 aromatic heterocycles. The first-order valence-electron chi connectivity index (χ1n) is 5.69. The van der Waals surface area contributed by atoms with Crippen LogP contribution in [0.5, 0.6) is 5.88 Å². The van der Waals surface area contributed by atoms with E-state index in [0.29, 0.717) is 12.3 Å². The van der Waals surface area contributed by atoms with Crippen LogP contribution in [0, 0.1) is 5.92 Å². The Bertz CT molecular complexity index is 332. The van der Waals surface area contributed by atoms with Crippen molar-refractivity contribution in [3.63, 3.8) is 0 Å². The van der Waals surface area contributed by atoms with Gasteiger partial charge < -0.3 is 4.74 Å². The Morgan fingerprint density at radius 1 is 1.50 bits per heavy atom. The van der Waals surface area contributed by atoms with E-state index in [1.807, 2.05) is 13.0 Å². The van der Waals surface area contributed by atoms with E-state index >= 15 is 0 Å². The maximum atomic E-state index is 11.8. The maximum Gasteiger partial charge on any atom is 0.212 e. The van der Waals surface area contributed by atoms with Gasteiger partial charge in [-0.25, -0.2) is 4.98 Å². The zero-order chi connectivity index (χ0) is 12.0. The summed E-state index contributed by atoms with van der Waals surface area (Å²) < 4.78 is 4.96. The van der Waals surface area contributed by atoms with Gasteiger partial charge in [-0.3, -0.25) is 4.79 Å². The minimum Gasteiger partial charge on any atom is -0.481 e. The summed E-state index contributed by atoms with van der Waals surface area (Å²) in [6.45, 7) is 4.08. The Kier molecular flexibility index (Phi) is 4.96. The lowest BCUT2D eigenvalue weighted by molar-refractivity contribution is -0.121. The Hall–Kier alpha value is -1.38. The Balaban J connectivity index is 2.55. The van der Waals surface area contributed by atoms with Gasteiger partial charge in [0.25, 0.3) is 0 Å². The zero-order valence-corrected chi connectivity index (χ0v) is 10.2. The number of rotatable bonds is 6. The second-order valence-corrected chi connectivity index (χ2v) is 4.04. The normalized spacial score (nSPS) is 12.2. The molecular weight excluding hydrogens is 202 g/mol. The molecule has 0 N–H and O–H groups in total. The smallest absolute Gasteiger partial charge is 0.212 e. The highest BCUT2D eigenvalue weighted by Crippen LogP contribution is 2.12. The lowest BCUT2D eigenvalue weighted by Gasteiger charge is -2.08. The van der Waals surface area contributed by atoms with Crippen molar-refractivity contribution >= 4 is 5.78 Å². The zero-order valence-electron chi connectivity index (χ0n) is 10.2. The molecule has 88 valence electrons. The molecule has 16 heavy (non-hydrogen) atoms. The maximum absolute atomic E-state index is 11.8. The fraction of sp³-hybridized carbons (Fsp3) is 0.538. The van der Waals surface area contributed by atoms with Crippen LogP contribution in [-0.4, -0.2) is 17.9 Å². The second-order valence-electron chi connectivity index (χ2n) is 4.04. The molecule has 0 aliphatic carbocycles. The van der Waals surface area contributed by atoms with Crippen molar-refractivity contribution in [3.8, 4) is 5.88 Å². The monoisotopic (exact) mass is 221 g/mol. The minimum atomic E-state index is 0.145. The number of aromatic nitrogens is 1. The molecule has 3 heteroatoms. The van der Waals surface area contributed by atoms with Crippen LogP contribution >= 0.6 is 0 Å². The number of ketones is 1. The highest BCUT2D eigenvalue weighted by molar-refractivity contribution is 5.82. The van der Waals surface area contributed by atoms with E-state index in [0.717, 1.165) is 18.4 Å². The van der Waals surface area contributed by atoms with Crippen molar-refractivity contribution in [3.05, 3.63) is 23.9 Å². The van der Waals surface area contributed by atoms with Gasteiger partial charge in [-0.15, -0.1) is 0 Å². The van der Waals surface area contributed by atoms with Gasteiger partial charge in [-0.1, -0.05) is 26.3 Å². The molecule has 0 saturated carbocycles. The number of hydrogen-bond donors (Lipinski definition) is 0. The van der Waals surface area contributed by atoms with E-state index in [1.165, 1.54) is 0 Å². The molecule has 1 unspecified atom stereocenters. The Morgan fingerprint density at radius 2 is 2.25 bits per heavy atom. The molecule has 0 amide bonds. The topological polar surface area (TPSA) is 39.2 Å². The van der Waals surface area contributed by atoms with E-state index < -0.39 is 0 Å². The van der Waals surface area contributed by atoms with Crippen molar-refractivity contribution in [2.24, 2.45) is 5.92 Å². The van der Waals surface area contributed by atoms with Crippen LogP contribution in [0.15, 0.2) is 18.3 Å². The Labute approximate surface area is 96.8 Å². The van der Waals surface area contributed by atoms with Crippen LogP contribution < -0.4 is 4.74 Å². The SMILES string of the molecule is CCCC(C)C(=O)Cc1ccc(OC)nc1. The predicted octanol–water partition coefficient (Wildman–Crippen LogP) is 2.64. The number of Topliss-reactive ketones (excluding diaryl/α,β-unsaturated/α-hetero) is 1. The van der Waals surface area contributed by atoms with Crippen LogP contribution in [0.2, 0.25) is 0 Å². The summed E-state index contributed by atoms with van der Waals surface area (Å²) in [5.74, 6) is 1.01. The van der Waals surface area contributed by atoms with E-state index in [2.05, 4.69) is 11.9 Å². The third-order valence-corrected chi connectivity index (χ3v) is 2.66. The van der Waals surface area contributed by atoms with Gasteiger partial charge in [-0.2, -0.15) is 0 Å². The molecule has 0 saturated heterocycles. The highest BCUT2D eigenvalue weighted by Gasteiger charge is 2.12. The average Bonchev–Trinajstić information content (AvgIpc) is 2.30. The molecule has 0 bridgehead atoms. The standard InChI is InChI=1S/C13H19NO2/c1-4-5-10(2)12(15)8-11-6-7-13(16-3)14-9-11/h6-7,9-10H,4-5,8H2,1-3H3. The van der Waals surface area contributed by atoms with Crippen LogP contribution in [0.3, 0.4) is 0 Å². The fourth-order valence-corrected chi connectivity index (χ4v) is 1.61. The molecule has 1 aromatic rings. The van der Waals surface area contributed by atoms with Gasteiger partial charge >= 0.3 is 0 Å². The highest BCUT2D eigenvalue weighted by atomic mass is 16.5. The lowest BCUT2D eigenvalue weighted by Crippen LogP contribution is -2.13. The van der Waals surface area contributed by atoms with E-state index in [1.54, 1.807) is 19.4 Å². The van der Waals surface area contributed by atoms with Gasteiger partial charge in [0, 0.05) is 24.6 Å². The summed E-state index contributed by atoms with van der Waals surface area (Å²) in [6.07, 6.45) is 4.18. The van der Waals surface area contributed by atoms with E-state index in [4.69, 9.17) is 4.74 Å². The number of ether oxygens (including phenoxy) is 1. The summed E-state index contributed by atoms with van der Waals surface area (Å²) >= 11 is 0. The quantitative estimate of drug-likeness (QED) is 0.741. The van der Waals surface area contributed by atoms with Crippen molar-refractivity contribution < 1.29 is 9.53 Å². The van der Waals surface area contributed by atoms with Crippen molar-refractivity contribution in [1.82, 2.24) is 4.98 Å². The summed E-state index contributed by atoms with van der Waals surface area (Å²) in [7, 11) is 1.58. The van der Waals surface area contributed by atoms with E-state index in [9.17, 15) is 4.79 Å². The molecule has 0 fully saturated rings. The van der Waals surface area contributed by atoms with Crippen molar-refractivity contribution in [2.45, 2.75) is 33.1 Å². The molecule has 0 aromatic carbocycles. The first kappa shape index (κ1) is 12.7. The van der Waals surface area contributed by atoms with Crippen molar-refractivity contribution in [2.75, 3.05) is 7.11 Å². The molecule has 0 spiro atoms. The van der Waals surface area contributed by atoms with Gasteiger partial charge in [0.2, 0.25) is 5.88 Å². The van der Waals surface area contributed by atoms with Crippen LogP contribution in [0.1, 0.15) is 32.3 Å². The molecule has 0 radical (unpaired) electrons. The number of pyridine rings is 1. The molecule has 0 aliphatic heterocycles. The first-order valence-corrected chi connectivity index (χ1v) is 5.69. The molecule has 1 rings (SSSR count). The number of carbonyl (C=O) groups excluding carboxylic acids is 1. The van der Waals surface area contributed by atoms with Gasteiger partial charge in [0.1, 0.15) is 5.78 Å². The second kappa shape index (κ2) is 6.26. The summed E-state index contributed by atoms with van der Waals surface area (Å²) in [5, 5.41) is 0. The summed E-state index contributed by atoms with van der Waals surface area (Å²) in [4.78, 5) is 15.9.